The van der Waals surface area contributed by atoms with E-state index in [0.29, 0.717) is 12.8 Å². The second-order valence-electron chi connectivity index (χ2n) is 5.27. The molecule has 0 spiro atoms. The van der Waals surface area contributed by atoms with E-state index in [-0.39, 0.29) is 24.0 Å². The Balaban J connectivity index is 3.92. The van der Waals surface area contributed by atoms with Gasteiger partial charge in [-0.15, -0.1) is 0 Å². The fraction of sp³-hybridized carbons (Fsp3) is 0.438. The number of hydrogen-bond acceptors (Lipinski definition) is 4. The van der Waals surface area contributed by atoms with Crippen LogP contribution in [0.1, 0.15) is 33.6 Å². The largest absolute Gasteiger partial charge is 0.389 e. The molecule has 0 bridgehead atoms. The molecule has 116 valence electrons. The molecule has 0 atom stereocenters. The number of rotatable bonds is 9. The van der Waals surface area contributed by atoms with Crippen LogP contribution in [0, 0.1) is 0 Å². The third kappa shape index (κ3) is 14.2. The van der Waals surface area contributed by atoms with Gasteiger partial charge in [0.25, 0.3) is 0 Å². The number of carbonyl (C=O) groups is 3. The standard InChI is InChI=1S/C16H23NO4/c1-13(18)8-4-5-9-14(19)10-6-7-11-15(20)17-12-16(2,3)21/h4-5,7-9,11,21H,6,10,12H2,1-3H3,(H,17,20)/b8-4+,9-5+,11-7+. The highest BCUT2D eigenvalue weighted by Crippen LogP contribution is 1.98. The predicted octanol–water partition coefficient (Wildman–Crippen LogP) is 1.48. The second-order valence-corrected chi connectivity index (χ2v) is 5.27. The minimum absolute atomic E-state index is 0.0768. The molecule has 1 amide bonds. The lowest BCUT2D eigenvalue weighted by molar-refractivity contribution is -0.117. The van der Waals surface area contributed by atoms with Gasteiger partial charge >= 0.3 is 0 Å². The summed E-state index contributed by atoms with van der Waals surface area (Å²) in [5, 5.41) is 12.0. The number of ketones is 2. The molecule has 0 aromatic carbocycles. The van der Waals surface area contributed by atoms with Crippen LogP contribution in [0.2, 0.25) is 0 Å². The normalized spacial score (nSPS) is 12.4. The Morgan fingerprint density at radius 2 is 1.71 bits per heavy atom. The first-order valence-corrected chi connectivity index (χ1v) is 6.75. The zero-order chi connectivity index (χ0) is 16.3. The third-order valence-electron chi connectivity index (χ3n) is 2.25. The molecule has 0 aliphatic carbocycles. The summed E-state index contributed by atoms with van der Waals surface area (Å²) in [5.74, 6) is -0.457. The van der Waals surface area contributed by atoms with Crippen molar-refractivity contribution in [2.75, 3.05) is 6.54 Å². The minimum atomic E-state index is -0.947. The fourth-order valence-corrected chi connectivity index (χ4v) is 1.22. The van der Waals surface area contributed by atoms with E-state index in [9.17, 15) is 19.5 Å². The zero-order valence-electron chi connectivity index (χ0n) is 12.8. The topological polar surface area (TPSA) is 83.5 Å². The molecular formula is C16H23NO4. The van der Waals surface area contributed by atoms with Crippen molar-refractivity contribution in [3.8, 4) is 0 Å². The number of carbonyl (C=O) groups excluding carboxylic acids is 3. The van der Waals surface area contributed by atoms with Crippen LogP contribution in [0.15, 0.2) is 36.5 Å². The van der Waals surface area contributed by atoms with E-state index in [1.54, 1.807) is 19.9 Å². The van der Waals surface area contributed by atoms with Gasteiger partial charge in [0.2, 0.25) is 5.91 Å². The number of amides is 1. The Hall–Kier alpha value is -2.01. The first kappa shape index (κ1) is 19.0. The van der Waals surface area contributed by atoms with Gasteiger partial charge in [-0.3, -0.25) is 14.4 Å². The van der Waals surface area contributed by atoms with E-state index >= 15 is 0 Å². The van der Waals surface area contributed by atoms with Gasteiger partial charge in [0, 0.05) is 13.0 Å². The van der Waals surface area contributed by atoms with Gasteiger partial charge in [-0.2, -0.15) is 0 Å². The van der Waals surface area contributed by atoms with Crippen molar-refractivity contribution in [1.82, 2.24) is 5.32 Å². The Bertz CT molecular complexity index is 453. The minimum Gasteiger partial charge on any atom is -0.389 e. The van der Waals surface area contributed by atoms with E-state index < -0.39 is 5.60 Å². The van der Waals surface area contributed by atoms with Gasteiger partial charge in [-0.1, -0.05) is 18.2 Å². The number of aliphatic hydroxyl groups is 1. The molecule has 0 aliphatic rings. The van der Waals surface area contributed by atoms with Gasteiger partial charge in [0.05, 0.1) is 5.60 Å². The summed E-state index contributed by atoms with van der Waals surface area (Å²) < 4.78 is 0. The summed E-state index contributed by atoms with van der Waals surface area (Å²) in [6, 6.07) is 0. The van der Waals surface area contributed by atoms with Gasteiger partial charge < -0.3 is 10.4 Å². The Morgan fingerprint density at radius 1 is 1.10 bits per heavy atom. The van der Waals surface area contributed by atoms with Crippen LogP contribution in [-0.2, 0) is 14.4 Å². The number of hydrogen-bond donors (Lipinski definition) is 2. The average molecular weight is 293 g/mol. The van der Waals surface area contributed by atoms with E-state index in [4.69, 9.17) is 0 Å². The molecule has 0 fully saturated rings. The first-order valence-electron chi connectivity index (χ1n) is 6.75. The highest BCUT2D eigenvalue weighted by Gasteiger charge is 2.12. The molecule has 0 unspecified atom stereocenters. The molecule has 5 nitrogen and oxygen atoms in total. The van der Waals surface area contributed by atoms with E-state index in [0.717, 1.165) is 0 Å². The molecule has 0 radical (unpaired) electrons. The van der Waals surface area contributed by atoms with Crippen LogP contribution in [0.25, 0.3) is 0 Å². The number of nitrogens with one attached hydrogen (secondary N) is 1. The van der Waals surface area contributed by atoms with Gasteiger partial charge in [-0.05, 0) is 45.4 Å². The van der Waals surface area contributed by atoms with E-state index in [1.165, 1.54) is 37.3 Å². The van der Waals surface area contributed by atoms with Crippen LogP contribution < -0.4 is 5.32 Å². The van der Waals surface area contributed by atoms with Crippen LogP contribution in [0.5, 0.6) is 0 Å². The Labute approximate surface area is 125 Å². The quantitative estimate of drug-likeness (QED) is 0.498. The van der Waals surface area contributed by atoms with Crippen molar-refractivity contribution in [3.05, 3.63) is 36.5 Å². The third-order valence-corrected chi connectivity index (χ3v) is 2.25. The molecule has 5 heteroatoms. The Morgan fingerprint density at radius 3 is 2.29 bits per heavy atom. The SMILES string of the molecule is CC(=O)/C=C/C=C/C(=O)CC/C=C/C(=O)NCC(C)(C)O. The molecule has 0 aliphatic heterocycles. The molecule has 0 saturated carbocycles. The van der Waals surface area contributed by atoms with E-state index in [2.05, 4.69) is 5.32 Å². The maximum Gasteiger partial charge on any atom is 0.243 e. The first-order chi connectivity index (χ1) is 9.70. The zero-order valence-corrected chi connectivity index (χ0v) is 12.8. The molecule has 21 heavy (non-hydrogen) atoms. The maximum atomic E-state index is 11.4. The molecule has 0 saturated heterocycles. The predicted molar refractivity (Wildman–Crippen MR) is 81.6 cm³/mol. The smallest absolute Gasteiger partial charge is 0.243 e. The Kier molecular flexibility index (Phi) is 8.88. The van der Waals surface area contributed by atoms with Gasteiger partial charge in [-0.25, -0.2) is 0 Å². The van der Waals surface area contributed by atoms with Gasteiger partial charge in [0.1, 0.15) is 0 Å². The fourth-order valence-electron chi connectivity index (χ4n) is 1.22. The lowest BCUT2D eigenvalue weighted by Gasteiger charge is -2.16. The van der Waals surface area contributed by atoms with Crippen molar-refractivity contribution < 1.29 is 19.5 Å². The lowest BCUT2D eigenvalue weighted by Crippen LogP contribution is -2.37. The summed E-state index contributed by atoms with van der Waals surface area (Å²) in [4.78, 5) is 33.4. The second kappa shape index (κ2) is 9.83. The van der Waals surface area contributed by atoms with Crippen molar-refractivity contribution >= 4 is 17.5 Å². The molecule has 0 aromatic heterocycles. The van der Waals surface area contributed by atoms with Crippen molar-refractivity contribution in [1.29, 1.82) is 0 Å². The monoisotopic (exact) mass is 293 g/mol. The number of allylic oxidation sites excluding steroid dienone is 5. The summed E-state index contributed by atoms with van der Waals surface area (Å²) in [5.41, 5.74) is -0.947. The highest BCUT2D eigenvalue weighted by molar-refractivity contribution is 5.91. The van der Waals surface area contributed by atoms with Crippen molar-refractivity contribution in [2.24, 2.45) is 0 Å². The summed E-state index contributed by atoms with van der Waals surface area (Å²) in [7, 11) is 0. The van der Waals surface area contributed by atoms with Crippen molar-refractivity contribution in [3.63, 3.8) is 0 Å². The van der Waals surface area contributed by atoms with E-state index in [1.807, 2.05) is 0 Å². The van der Waals surface area contributed by atoms with Crippen LogP contribution >= 0.6 is 0 Å². The summed E-state index contributed by atoms with van der Waals surface area (Å²) >= 11 is 0. The molecule has 2 N–H and O–H groups in total. The summed E-state index contributed by atoms with van der Waals surface area (Å²) in [6.45, 7) is 4.80. The lowest BCUT2D eigenvalue weighted by atomic mass is 10.1. The molecule has 0 heterocycles. The van der Waals surface area contributed by atoms with Crippen molar-refractivity contribution in [2.45, 2.75) is 39.2 Å². The van der Waals surface area contributed by atoms with Gasteiger partial charge in [0.15, 0.2) is 11.6 Å². The average Bonchev–Trinajstić information content (AvgIpc) is 2.36. The highest BCUT2D eigenvalue weighted by atomic mass is 16.3. The molecule has 0 rings (SSSR count). The molecular weight excluding hydrogens is 270 g/mol. The summed E-state index contributed by atoms with van der Waals surface area (Å²) in [6.07, 6.45) is 9.49. The molecule has 0 aromatic rings. The van der Waals surface area contributed by atoms with Crippen LogP contribution in [0.4, 0.5) is 0 Å². The van der Waals surface area contributed by atoms with Crippen LogP contribution in [-0.4, -0.2) is 34.7 Å². The maximum absolute atomic E-state index is 11.4. The van der Waals surface area contributed by atoms with Crippen LogP contribution in [0.3, 0.4) is 0 Å².